The van der Waals surface area contributed by atoms with Crippen LogP contribution in [0.1, 0.15) is 36.6 Å². The quantitative estimate of drug-likeness (QED) is 0.296. The Morgan fingerprint density at radius 1 is 1.25 bits per heavy atom. The Morgan fingerprint density at radius 3 is 2.61 bits per heavy atom. The molecule has 0 spiro atoms. The Morgan fingerprint density at radius 2 is 1.94 bits per heavy atom. The SMILES string of the molecule is CCOC(=O)C1=C(C)N=c2s/c(=C\c3cc4c(cc3[N+](=O)[O-])OCO4)c(=O)n2[C@H]1c1ccc(C)cc1. The van der Waals surface area contributed by atoms with E-state index in [-0.39, 0.29) is 40.5 Å². The normalized spacial score (nSPS) is 16.5. The number of ether oxygens (including phenoxy) is 3. The zero-order valence-electron chi connectivity index (χ0n) is 19.6. The van der Waals surface area contributed by atoms with Crippen molar-refractivity contribution in [1.29, 1.82) is 0 Å². The van der Waals surface area contributed by atoms with Crippen molar-refractivity contribution in [2.45, 2.75) is 26.8 Å². The summed E-state index contributed by atoms with van der Waals surface area (Å²) in [6, 6.07) is 9.53. The average Bonchev–Trinajstić information content (AvgIpc) is 3.42. The molecule has 3 aromatic rings. The molecule has 0 radical (unpaired) electrons. The van der Waals surface area contributed by atoms with Crippen LogP contribution in [0.4, 0.5) is 5.69 Å². The number of nitro benzene ring substituents is 1. The summed E-state index contributed by atoms with van der Waals surface area (Å²) in [6.45, 7) is 5.50. The molecule has 2 aromatic carbocycles. The lowest BCUT2D eigenvalue weighted by atomic mass is 9.95. The van der Waals surface area contributed by atoms with Gasteiger partial charge in [0.25, 0.3) is 11.2 Å². The minimum atomic E-state index is -0.755. The van der Waals surface area contributed by atoms with E-state index in [9.17, 15) is 19.7 Å². The number of aryl methyl sites for hydroxylation is 1. The maximum Gasteiger partial charge on any atom is 0.338 e. The van der Waals surface area contributed by atoms with Crippen LogP contribution in [-0.2, 0) is 9.53 Å². The van der Waals surface area contributed by atoms with E-state index in [1.807, 2.05) is 31.2 Å². The van der Waals surface area contributed by atoms with Crippen LogP contribution < -0.4 is 24.4 Å². The zero-order chi connectivity index (χ0) is 25.6. The number of nitrogens with zero attached hydrogens (tertiary/aromatic N) is 3. The molecule has 2 aliphatic rings. The molecule has 10 nitrogen and oxygen atoms in total. The van der Waals surface area contributed by atoms with Crippen LogP contribution in [0.2, 0.25) is 0 Å². The summed E-state index contributed by atoms with van der Waals surface area (Å²) in [5, 5.41) is 11.7. The smallest absolute Gasteiger partial charge is 0.338 e. The molecule has 36 heavy (non-hydrogen) atoms. The molecule has 1 aromatic heterocycles. The van der Waals surface area contributed by atoms with Crippen molar-refractivity contribution in [1.82, 2.24) is 4.57 Å². The van der Waals surface area contributed by atoms with E-state index in [1.165, 1.54) is 22.8 Å². The number of rotatable bonds is 5. The van der Waals surface area contributed by atoms with Crippen LogP contribution >= 0.6 is 11.3 Å². The number of thiazole rings is 1. The van der Waals surface area contributed by atoms with Gasteiger partial charge < -0.3 is 14.2 Å². The molecule has 0 aliphatic carbocycles. The van der Waals surface area contributed by atoms with Crippen LogP contribution in [0.3, 0.4) is 0 Å². The van der Waals surface area contributed by atoms with Gasteiger partial charge in [0, 0.05) is 0 Å². The number of allylic oxidation sites excluding steroid dienone is 1. The first-order chi connectivity index (χ1) is 17.3. The van der Waals surface area contributed by atoms with Gasteiger partial charge in [0.15, 0.2) is 16.3 Å². The Kier molecular flexibility index (Phi) is 5.92. The number of carbonyl (C=O) groups excluding carboxylic acids is 1. The van der Waals surface area contributed by atoms with E-state index in [2.05, 4.69) is 4.99 Å². The van der Waals surface area contributed by atoms with Crippen LogP contribution in [0.15, 0.2) is 57.5 Å². The second-order valence-electron chi connectivity index (χ2n) is 8.23. The van der Waals surface area contributed by atoms with Crippen molar-refractivity contribution < 1.29 is 23.9 Å². The van der Waals surface area contributed by atoms with E-state index in [4.69, 9.17) is 14.2 Å². The third-order valence-corrected chi connectivity index (χ3v) is 6.90. The number of esters is 1. The van der Waals surface area contributed by atoms with Crippen molar-refractivity contribution in [3.63, 3.8) is 0 Å². The van der Waals surface area contributed by atoms with Gasteiger partial charge in [-0.2, -0.15) is 0 Å². The third kappa shape index (κ3) is 3.97. The highest BCUT2D eigenvalue weighted by Gasteiger charge is 2.33. The average molecular weight is 508 g/mol. The van der Waals surface area contributed by atoms with Crippen molar-refractivity contribution in [3.05, 3.63) is 94.2 Å². The molecule has 184 valence electrons. The minimum Gasteiger partial charge on any atom is -0.463 e. The van der Waals surface area contributed by atoms with Crippen LogP contribution in [-0.4, -0.2) is 28.9 Å². The molecular formula is C25H21N3O7S. The fourth-order valence-electron chi connectivity index (χ4n) is 4.22. The fourth-order valence-corrected chi connectivity index (χ4v) is 5.26. The van der Waals surface area contributed by atoms with Crippen LogP contribution in [0.5, 0.6) is 11.5 Å². The van der Waals surface area contributed by atoms with Gasteiger partial charge in [-0.25, -0.2) is 9.79 Å². The third-order valence-electron chi connectivity index (χ3n) is 5.92. The Labute approximate surface area is 208 Å². The van der Waals surface area contributed by atoms with E-state index < -0.39 is 22.5 Å². The molecular weight excluding hydrogens is 486 g/mol. The molecule has 5 rings (SSSR count). The minimum absolute atomic E-state index is 0.0371. The number of carbonyl (C=O) groups is 1. The highest BCUT2D eigenvalue weighted by atomic mass is 32.1. The predicted molar refractivity (Wildman–Crippen MR) is 131 cm³/mol. The molecule has 0 saturated heterocycles. The Balaban J connectivity index is 1.73. The lowest BCUT2D eigenvalue weighted by molar-refractivity contribution is -0.385. The van der Waals surface area contributed by atoms with Gasteiger partial charge in [-0.3, -0.25) is 19.5 Å². The molecule has 11 heteroatoms. The molecule has 0 fully saturated rings. The summed E-state index contributed by atoms with van der Waals surface area (Å²) in [4.78, 5) is 42.7. The monoisotopic (exact) mass is 507 g/mol. The van der Waals surface area contributed by atoms with Crippen molar-refractivity contribution >= 4 is 29.1 Å². The number of hydrogen-bond acceptors (Lipinski definition) is 9. The second kappa shape index (κ2) is 9.08. The van der Waals surface area contributed by atoms with Gasteiger partial charge in [-0.1, -0.05) is 41.2 Å². The summed E-state index contributed by atoms with van der Waals surface area (Å²) in [5.41, 5.74) is 2.02. The van der Waals surface area contributed by atoms with E-state index in [0.29, 0.717) is 16.2 Å². The first-order valence-corrected chi connectivity index (χ1v) is 11.9. The Bertz CT molecular complexity index is 1620. The molecule has 0 saturated carbocycles. The zero-order valence-corrected chi connectivity index (χ0v) is 20.5. The number of fused-ring (bicyclic) bond motifs is 2. The highest BCUT2D eigenvalue weighted by molar-refractivity contribution is 7.07. The lowest BCUT2D eigenvalue weighted by Gasteiger charge is -2.24. The first-order valence-electron chi connectivity index (χ1n) is 11.1. The molecule has 2 aliphatic heterocycles. The number of hydrogen-bond donors (Lipinski definition) is 0. The molecule has 0 amide bonds. The topological polar surface area (TPSA) is 122 Å². The highest BCUT2D eigenvalue weighted by Crippen LogP contribution is 2.38. The molecule has 3 heterocycles. The Hall–Kier alpha value is -4.25. The summed E-state index contributed by atoms with van der Waals surface area (Å²) in [5.74, 6) is 0.0806. The van der Waals surface area contributed by atoms with Crippen LogP contribution in [0.25, 0.3) is 6.08 Å². The van der Waals surface area contributed by atoms with Gasteiger partial charge in [0.2, 0.25) is 6.79 Å². The van der Waals surface area contributed by atoms with E-state index >= 15 is 0 Å². The number of aromatic nitrogens is 1. The molecule has 0 unspecified atom stereocenters. The standard InChI is InChI=1S/C25H21N3O7S/c1-4-33-24(30)21-14(3)26-25-27(22(21)15-7-5-13(2)6-8-15)23(29)20(36-25)10-16-9-18-19(35-12-34-18)11-17(16)28(31)32/h5-11,22H,4,12H2,1-3H3/b20-10-/t22-/m0/s1. The van der Waals surface area contributed by atoms with Crippen molar-refractivity contribution in [2.75, 3.05) is 13.4 Å². The molecule has 0 N–H and O–H groups in total. The second-order valence-corrected chi connectivity index (χ2v) is 9.24. The molecule has 0 bridgehead atoms. The molecule has 1 atom stereocenters. The maximum atomic E-state index is 13.7. The summed E-state index contributed by atoms with van der Waals surface area (Å²) < 4.78 is 17.6. The maximum absolute atomic E-state index is 13.7. The first kappa shape index (κ1) is 23.5. The lowest BCUT2D eigenvalue weighted by Crippen LogP contribution is -2.39. The van der Waals surface area contributed by atoms with Gasteiger partial charge in [0.1, 0.15) is 0 Å². The van der Waals surface area contributed by atoms with Crippen LogP contribution in [0, 0.1) is 17.0 Å². The van der Waals surface area contributed by atoms with Gasteiger partial charge >= 0.3 is 5.97 Å². The number of nitro groups is 1. The van der Waals surface area contributed by atoms with E-state index in [0.717, 1.165) is 22.5 Å². The number of benzene rings is 2. The fraction of sp³-hybridized carbons (Fsp3) is 0.240. The largest absolute Gasteiger partial charge is 0.463 e. The summed E-state index contributed by atoms with van der Waals surface area (Å²) >= 11 is 1.09. The van der Waals surface area contributed by atoms with Gasteiger partial charge in [0.05, 0.1) is 45.0 Å². The van der Waals surface area contributed by atoms with Gasteiger partial charge in [-0.15, -0.1) is 0 Å². The van der Waals surface area contributed by atoms with E-state index in [1.54, 1.807) is 13.8 Å². The van der Waals surface area contributed by atoms with Crippen molar-refractivity contribution in [3.8, 4) is 11.5 Å². The van der Waals surface area contributed by atoms with Gasteiger partial charge in [-0.05, 0) is 38.5 Å². The predicted octanol–water partition coefficient (Wildman–Crippen LogP) is 2.74. The van der Waals surface area contributed by atoms with Crippen molar-refractivity contribution in [2.24, 2.45) is 4.99 Å². The summed E-state index contributed by atoms with van der Waals surface area (Å²) in [7, 11) is 0. The summed E-state index contributed by atoms with van der Waals surface area (Å²) in [6.07, 6.45) is 1.44.